The van der Waals surface area contributed by atoms with Gasteiger partial charge in [-0.15, -0.1) is 11.3 Å². The zero-order chi connectivity index (χ0) is 20.8. The summed E-state index contributed by atoms with van der Waals surface area (Å²) in [5, 5.41) is 16.6. The summed E-state index contributed by atoms with van der Waals surface area (Å²) < 4.78 is 0. The van der Waals surface area contributed by atoms with Crippen molar-refractivity contribution < 1.29 is 9.90 Å². The zero-order valence-corrected chi connectivity index (χ0v) is 17.7. The van der Waals surface area contributed by atoms with E-state index in [2.05, 4.69) is 15.2 Å². The molecule has 0 spiro atoms. The van der Waals surface area contributed by atoms with Crippen LogP contribution in [-0.4, -0.2) is 40.5 Å². The minimum atomic E-state index is -0.436. The minimum Gasteiger partial charge on any atom is -0.388 e. The Kier molecular flexibility index (Phi) is 6.89. The van der Waals surface area contributed by atoms with Crippen molar-refractivity contribution in [3.05, 3.63) is 88.4 Å². The van der Waals surface area contributed by atoms with Crippen molar-refractivity contribution in [2.75, 3.05) is 19.6 Å². The Morgan fingerprint density at radius 3 is 2.30 bits per heavy atom. The number of hydrogen-bond donors (Lipinski definition) is 2. The third-order valence-electron chi connectivity index (χ3n) is 5.72. The second-order valence-corrected chi connectivity index (χ2v) is 8.68. The van der Waals surface area contributed by atoms with E-state index in [0.717, 1.165) is 42.1 Å². The van der Waals surface area contributed by atoms with E-state index in [1.807, 2.05) is 66.0 Å². The van der Waals surface area contributed by atoms with E-state index in [1.165, 1.54) is 0 Å². The number of nitrogens with zero attached hydrogens (tertiary/aromatic N) is 2. The molecule has 2 atom stereocenters. The monoisotopic (exact) mass is 421 g/mol. The highest BCUT2D eigenvalue weighted by atomic mass is 32.1. The number of rotatable bonds is 7. The summed E-state index contributed by atoms with van der Waals surface area (Å²) in [6.07, 6.45) is 3.11. The molecule has 2 N–H and O–H groups in total. The maximum atomic E-state index is 12.8. The number of hydrogen-bond acceptors (Lipinski definition) is 5. The molecule has 0 aliphatic carbocycles. The van der Waals surface area contributed by atoms with E-state index < -0.39 is 6.10 Å². The van der Waals surface area contributed by atoms with Crippen LogP contribution in [0.2, 0.25) is 0 Å². The molecule has 1 aliphatic rings. The number of likely N-dealkylation sites (tertiary alicyclic amines) is 1. The zero-order valence-electron chi connectivity index (χ0n) is 16.9. The molecule has 3 aromatic rings. The largest absolute Gasteiger partial charge is 0.388 e. The molecule has 30 heavy (non-hydrogen) atoms. The van der Waals surface area contributed by atoms with Crippen LogP contribution in [0.15, 0.2) is 72.2 Å². The SMILES string of the molecule is O=C(CN1CCC(C(O)c2ccccc2)CC1)NC(c1ccccc1)c1nccs1. The topological polar surface area (TPSA) is 65.5 Å². The lowest BCUT2D eigenvalue weighted by Gasteiger charge is -2.34. The lowest BCUT2D eigenvalue weighted by Crippen LogP contribution is -2.43. The molecule has 0 bridgehead atoms. The van der Waals surface area contributed by atoms with Crippen LogP contribution >= 0.6 is 11.3 Å². The molecule has 156 valence electrons. The highest BCUT2D eigenvalue weighted by molar-refractivity contribution is 7.09. The van der Waals surface area contributed by atoms with Crippen molar-refractivity contribution in [3.63, 3.8) is 0 Å². The number of carbonyl (C=O) groups is 1. The third kappa shape index (κ3) is 5.14. The minimum absolute atomic E-state index is 0.00103. The van der Waals surface area contributed by atoms with Gasteiger partial charge in [0.05, 0.1) is 12.6 Å². The van der Waals surface area contributed by atoms with Gasteiger partial charge < -0.3 is 10.4 Å². The predicted molar refractivity (Wildman–Crippen MR) is 119 cm³/mol. The van der Waals surface area contributed by atoms with Crippen molar-refractivity contribution >= 4 is 17.2 Å². The van der Waals surface area contributed by atoms with Gasteiger partial charge in [0, 0.05) is 11.6 Å². The number of carbonyl (C=O) groups excluding carboxylic acids is 1. The summed E-state index contributed by atoms with van der Waals surface area (Å²) in [7, 11) is 0. The number of amides is 1. The summed E-state index contributed by atoms with van der Waals surface area (Å²) in [5.41, 5.74) is 2.01. The van der Waals surface area contributed by atoms with Gasteiger partial charge in [-0.25, -0.2) is 4.98 Å². The highest BCUT2D eigenvalue weighted by Gasteiger charge is 2.27. The summed E-state index contributed by atoms with van der Waals surface area (Å²) in [6.45, 7) is 1.99. The first-order valence-electron chi connectivity index (χ1n) is 10.4. The number of thiazole rings is 1. The average molecular weight is 422 g/mol. The Balaban J connectivity index is 1.32. The molecule has 0 radical (unpaired) electrons. The number of nitrogens with one attached hydrogen (secondary N) is 1. The van der Waals surface area contributed by atoms with Crippen LogP contribution in [0.25, 0.3) is 0 Å². The lowest BCUT2D eigenvalue weighted by atomic mass is 9.87. The van der Waals surface area contributed by atoms with E-state index >= 15 is 0 Å². The fourth-order valence-corrected chi connectivity index (χ4v) is 4.78. The van der Waals surface area contributed by atoms with Crippen LogP contribution in [0.5, 0.6) is 0 Å². The van der Waals surface area contributed by atoms with Crippen molar-refractivity contribution in [3.8, 4) is 0 Å². The first-order chi connectivity index (χ1) is 14.7. The molecule has 1 aromatic heterocycles. The maximum absolute atomic E-state index is 12.8. The fourth-order valence-electron chi connectivity index (χ4n) is 4.07. The molecule has 4 rings (SSSR count). The smallest absolute Gasteiger partial charge is 0.235 e. The number of aliphatic hydroxyl groups excluding tert-OH is 1. The van der Waals surface area contributed by atoms with Crippen LogP contribution in [0.4, 0.5) is 0 Å². The van der Waals surface area contributed by atoms with Crippen molar-refractivity contribution in [1.29, 1.82) is 0 Å². The fraction of sp³-hybridized carbons (Fsp3) is 0.333. The van der Waals surface area contributed by atoms with Crippen molar-refractivity contribution in [2.45, 2.75) is 25.0 Å². The van der Waals surface area contributed by atoms with Gasteiger partial charge >= 0.3 is 0 Å². The molecule has 2 heterocycles. The van der Waals surface area contributed by atoms with E-state index in [0.29, 0.717) is 6.54 Å². The lowest BCUT2D eigenvalue weighted by molar-refractivity contribution is -0.123. The van der Waals surface area contributed by atoms with Gasteiger partial charge in [-0.1, -0.05) is 60.7 Å². The number of aromatic nitrogens is 1. The van der Waals surface area contributed by atoms with Gasteiger partial charge in [-0.3, -0.25) is 9.69 Å². The second-order valence-electron chi connectivity index (χ2n) is 7.75. The van der Waals surface area contributed by atoms with E-state index in [4.69, 9.17) is 0 Å². The highest BCUT2D eigenvalue weighted by Crippen LogP contribution is 2.30. The number of benzene rings is 2. The Hall–Kier alpha value is -2.54. The van der Waals surface area contributed by atoms with E-state index in [1.54, 1.807) is 17.5 Å². The van der Waals surface area contributed by atoms with Crippen LogP contribution in [0, 0.1) is 5.92 Å². The molecule has 1 amide bonds. The number of piperidine rings is 1. The first kappa shape index (κ1) is 20.7. The van der Waals surface area contributed by atoms with Gasteiger partial charge in [-0.2, -0.15) is 0 Å². The molecule has 6 heteroatoms. The predicted octanol–water partition coefficient (Wildman–Crippen LogP) is 3.79. The maximum Gasteiger partial charge on any atom is 0.235 e. The molecular weight excluding hydrogens is 394 g/mol. The molecule has 1 saturated heterocycles. The Morgan fingerprint density at radius 2 is 1.70 bits per heavy atom. The van der Waals surface area contributed by atoms with Gasteiger partial charge in [0.15, 0.2) is 0 Å². The standard InChI is InChI=1S/C24H27N3O2S/c28-21(26-22(24-25-13-16-30-24)18-7-3-1-4-8-18)17-27-14-11-20(12-15-27)23(29)19-9-5-2-6-10-19/h1-10,13,16,20,22-23,29H,11-12,14-15,17H2,(H,26,28). The average Bonchev–Trinajstić information content (AvgIpc) is 3.33. The normalized spacial score (nSPS) is 17.4. The van der Waals surface area contributed by atoms with Crippen LogP contribution in [0.1, 0.15) is 41.1 Å². The first-order valence-corrected chi connectivity index (χ1v) is 11.3. The molecule has 5 nitrogen and oxygen atoms in total. The molecule has 1 fully saturated rings. The Labute approximate surface area is 181 Å². The molecule has 2 aromatic carbocycles. The molecule has 2 unspecified atom stereocenters. The van der Waals surface area contributed by atoms with Gasteiger partial charge in [0.2, 0.25) is 5.91 Å². The van der Waals surface area contributed by atoms with Crippen molar-refractivity contribution in [2.24, 2.45) is 5.92 Å². The quantitative estimate of drug-likeness (QED) is 0.609. The van der Waals surface area contributed by atoms with Gasteiger partial charge in [0.25, 0.3) is 0 Å². The van der Waals surface area contributed by atoms with Crippen molar-refractivity contribution in [1.82, 2.24) is 15.2 Å². The molecular formula is C24H27N3O2S. The summed E-state index contributed by atoms with van der Waals surface area (Å²) in [5.74, 6) is 0.236. The van der Waals surface area contributed by atoms with Crippen LogP contribution in [0.3, 0.4) is 0 Å². The molecule has 1 aliphatic heterocycles. The Morgan fingerprint density at radius 1 is 1.07 bits per heavy atom. The summed E-state index contributed by atoms with van der Waals surface area (Å²) in [4.78, 5) is 19.4. The van der Waals surface area contributed by atoms with Gasteiger partial charge in [0.1, 0.15) is 11.0 Å². The summed E-state index contributed by atoms with van der Waals surface area (Å²) in [6, 6.07) is 19.6. The third-order valence-corrected chi connectivity index (χ3v) is 6.56. The number of aliphatic hydroxyl groups is 1. The summed E-state index contributed by atoms with van der Waals surface area (Å²) >= 11 is 1.55. The van der Waals surface area contributed by atoms with E-state index in [9.17, 15) is 9.90 Å². The molecule has 0 saturated carbocycles. The van der Waals surface area contributed by atoms with Crippen LogP contribution in [-0.2, 0) is 4.79 Å². The van der Waals surface area contributed by atoms with Crippen LogP contribution < -0.4 is 5.32 Å². The van der Waals surface area contributed by atoms with E-state index in [-0.39, 0.29) is 17.9 Å². The second kappa shape index (κ2) is 9.98. The van der Waals surface area contributed by atoms with Gasteiger partial charge in [-0.05, 0) is 43.0 Å². The Bertz CT molecular complexity index is 910.